The molecule has 0 saturated heterocycles. The van der Waals surface area contributed by atoms with Gasteiger partial charge in [-0.2, -0.15) is 10.1 Å². The number of aromatic amines is 1. The maximum atomic E-state index is 12.3. The van der Waals surface area contributed by atoms with Crippen molar-refractivity contribution in [1.82, 2.24) is 15.0 Å². The van der Waals surface area contributed by atoms with E-state index in [9.17, 15) is 9.59 Å². The molecule has 32 heavy (non-hydrogen) atoms. The average molecular weight is 435 g/mol. The van der Waals surface area contributed by atoms with Crippen molar-refractivity contribution in [1.29, 1.82) is 0 Å². The molecule has 2 N–H and O–H groups in total. The SMILES string of the molecule is COc1ccc(C2=NN(Cc3cccc(NC(=O)c4c[nH]cn4)c3)C(=O)OC2)cc1OC. The van der Waals surface area contributed by atoms with Crippen molar-refractivity contribution in [2.45, 2.75) is 6.54 Å². The minimum Gasteiger partial charge on any atom is -0.493 e. The van der Waals surface area contributed by atoms with E-state index in [1.54, 1.807) is 44.6 Å². The second kappa shape index (κ2) is 9.21. The fraction of sp³-hybridized carbons (Fsp3) is 0.182. The van der Waals surface area contributed by atoms with Crippen molar-refractivity contribution >= 4 is 23.4 Å². The van der Waals surface area contributed by atoms with Crippen molar-refractivity contribution in [2.24, 2.45) is 5.10 Å². The largest absolute Gasteiger partial charge is 0.493 e. The first-order valence-electron chi connectivity index (χ1n) is 9.70. The molecule has 10 heteroatoms. The van der Waals surface area contributed by atoms with Crippen LogP contribution in [0.1, 0.15) is 21.6 Å². The number of hydrazone groups is 1. The molecule has 4 rings (SSSR count). The summed E-state index contributed by atoms with van der Waals surface area (Å²) in [6, 6.07) is 12.5. The van der Waals surface area contributed by atoms with Crippen LogP contribution in [-0.4, -0.2) is 53.5 Å². The summed E-state index contributed by atoms with van der Waals surface area (Å²) in [7, 11) is 3.11. The highest BCUT2D eigenvalue weighted by Crippen LogP contribution is 2.28. The molecule has 0 atom stereocenters. The van der Waals surface area contributed by atoms with Crippen molar-refractivity contribution < 1.29 is 23.8 Å². The standard InChI is InChI=1S/C22H21N5O5/c1-30-19-7-6-15(9-20(19)31-2)18-12-32-22(29)27(26-18)11-14-4-3-5-16(8-14)25-21(28)17-10-23-13-24-17/h3-10,13H,11-12H2,1-2H3,(H,23,24)(H,25,28). The lowest BCUT2D eigenvalue weighted by atomic mass is 10.1. The zero-order valence-corrected chi connectivity index (χ0v) is 17.5. The molecular weight excluding hydrogens is 414 g/mol. The van der Waals surface area contributed by atoms with Crippen LogP contribution in [0.25, 0.3) is 0 Å². The van der Waals surface area contributed by atoms with Gasteiger partial charge in [0.05, 0.1) is 27.1 Å². The summed E-state index contributed by atoms with van der Waals surface area (Å²) < 4.78 is 15.9. The fourth-order valence-electron chi connectivity index (χ4n) is 3.18. The summed E-state index contributed by atoms with van der Waals surface area (Å²) in [6.45, 7) is 0.215. The number of ether oxygens (including phenoxy) is 3. The first-order chi connectivity index (χ1) is 15.6. The lowest BCUT2D eigenvalue weighted by Gasteiger charge is -2.24. The molecule has 1 aromatic heterocycles. The molecule has 0 unspecified atom stereocenters. The summed E-state index contributed by atoms with van der Waals surface area (Å²) in [4.78, 5) is 31.2. The summed E-state index contributed by atoms with van der Waals surface area (Å²) >= 11 is 0. The number of nitrogens with zero attached hydrogens (tertiary/aromatic N) is 3. The fourth-order valence-corrected chi connectivity index (χ4v) is 3.18. The van der Waals surface area contributed by atoms with Gasteiger partial charge in [-0.3, -0.25) is 4.79 Å². The maximum Gasteiger partial charge on any atom is 0.431 e. The number of methoxy groups -OCH3 is 2. The van der Waals surface area contributed by atoms with Gasteiger partial charge in [0.2, 0.25) is 0 Å². The second-order valence-electron chi connectivity index (χ2n) is 6.84. The Balaban J connectivity index is 1.52. The van der Waals surface area contributed by atoms with E-state index >= 15 is 0 Å². The molecule has 10 nitrogen and oxygen atoms in total. The average Bonchev–Trinajstić information content (AvgIpc) is 3.35. The number of nitrogens with one attached hydrogen (secondary N) is 2. The number of hydrogen-bond donors (Lipinski definition) is 2. The van der Waals surface area contributed by atoms with Gasteiger partial charge >= 0.3 is 6.09 Å². The third-order valence-corrected chi connectivity index (χ3v) is 4.75. The van der Waals surface area contributed by atoms with Gasteiger partial charge in [-0.1, -0.05) is 12.1 Å². The highest BCUT2D eigenvalue weighted by molar-refractivity contribution is 6.04. The van der Waals surface area contributed by atoms with Crippen molar-refractivity contribution in [3.05, 3.63) is 71.8 Å². The number of carbonyl (C=O) groups is 2. The van der Waals surface area contributed by atoms with Crippen molar-refractivity contribution in [3.8, 4) is 11.5 Å². The molecule has 2 aromatic carbocycles. The molecule has 0 aliphatic carbocycles. The Kier molecular flexibility index (Phi) is 6.02. The number of imidazole rings is 1. The van der Waals surface area contributed by atoms with Crippen LogP contribution in [0.3, 0.4) is 0 Å². The Labute approximate surface area is 183 Å². The predicted molar refractivity (Wildman–Crippen MR) is 116 cm³/mol. The van der Waals surface area contributed by atoms with E-state index in [1.807, 2.05) is 12.1 Å². The Morgan fingerprint density at radius 2 is 2.03 bits per heavy atom. The molecule has 2 heterocycles. The minimum absolute atomic E-state index is 0.0462. The molecular formula is C22H21N5O5. The maximum absolute atomic E-state index is 12.3. The first-order valence-corrected chi connectivity index (χ1v) is 9.70. The number of hydrogen-bond acceptors (Lipinski definition) is 7. The number of aromatic nitrogens is 2. The molecule has 0 bridgehead atoms. The van der Waals surface area contributed by atoms with Gasteiger partial charge in [0.1, 0.15) is 18.0 Å². The van der Waals surface area contributed by atoms with Gasteiger partial charge < -0.3 is 24.5 Å². The number of anilines is 1. The van der Waals surface area contributed by atoms with Crippen LogP contribution in [0.15, 0.2) is 60.1 Å². The molecule has 164 valence electrons. The van der Waals surface area contributed by atoms with Gasteiger partial charge in [0.15, 0.2) is 11.5 Å². The van der Waals surface area contributed by atoms with Gasteiger partial charge in [-0.05, 0) is 35.9 Å². The van der Waals surface area contributed by atoms with E-state index in [0.717, 1.165) is 11.1 Å². The molecule has 0 fully saturated rings. The zero-order valence-electron chi connectivity index (χ0n) is 17.5. The quantitative estimate of drug-likeness (QED) is 0.589. The number of H-pyrrole nitrogens is 1. The second-order valence-corrected chi connectivity index (χ2v) is 6.84. The van der Waals surface area contributed by atoms with Crippen LogP contribution in [0.5, 0.6) is 11.5 Å². The Hall–Kier alpha value is -4.34. The minimum atomic E-state index is -0.555. The number of benzene rings is 2. The van der Waals surface area contributed by atoms with E-state index in [4.69, 9.17) is 14.2 Å². The van der Waals surface area contributed by atoms with E-state index in [-0.39, 0.29) is 24.8 Å². The predicted octanol–water partition coefficient (Wildman–Crippen LogP) is 3.04. The molecule has 3 aromatic rings. The summed E-state index contributed by atoms with van der Waals surface area (Å²) in [5.41, 5.74) is 2.94. The Morgan fingerprint density at radius 1 is 1.19 bits per heavy atom. The number of rotatable bonds is 7. The Morgan fingerprint density at radius 3 is 2.78 bits per heavy atom. The van der Waals surface area contributed by atoms with Crippen molar-refractivity contribution in [3.63, 3.8) is 0 Å². The molecule has 0 saturated carbocycles. The van der Waals surface area contributed by atoms with Crippen LogP contribution in [0.4, 0.5) is 10.5 Å². The zero-order chi connectivity index (χ0) is 22.5. The van der Waals surface area contributed by atoms with Gasteiger partial charge in [0.25, 0.3) is 5.91 Å². The Bertz CT molecular complexity index is 1160. The van der Waals surface area contributed by atoms with Crippen LogP contribution < -0.4 is 14.8 Å². The molecule has 1 aliphatic rings. The number of cyclic esters (lactones) is 1. The van der Waals surface area contributed by atoms with Gasteiger partial charge in [0, 0.05) is 17.4 Å². The topological polar surface area (TPSA) is 118 Å². The highest BCUT2D eigenvalue weighted by Gasteiger charge is 2.24. The third kappa shape index (κ3) is 4.53. The van der Waals surface area contributed by atoms with E-state index < -0.39 is 6.09 Å². The lowest BCUT2D eigenvalue weighted by Crippen LogP contribution is -2.35. The van der Waals surface area contributed by atoms with Crippen molar-refractivity contribution in [2.75, 3.05) is 26.1 Å². The van der Waals surface area contributed by atoms with Crippen LogP contribution in [0, 0.1) is 0 Å². The molecule has 1 aliphatic heterocycles. The number of carbonyl (C=O) groups excluding carboxylic acids is 2. The summed E-state index contributed by atoms with van der Waals surface area (Å²) in [5.74, 6) is 0.807. The van der Waals surface area contributed by atoms with Crippen LogP contribution in [-0.2, 0) is 11.3 Å². The highest BCUT2D eigenvalue weighted by atomic mass is 16.6. The molecule has 0 radical (unpaired) electrons. The first kappa shape index (κ1) is 20.9. The van der Waals surface area contributed by atoms with E-state index in [0.29, 0.717) is 22.9 Å². The van der Waals surface area contributed by atoms with Crippen LogP contribution in [0.2, 0.25) is 0 Å². The van der Waals surface area contributed by atoms with E-state index in [2.05, 4.69) is 20.4 Å². The normalized spacial score (nSPS) is 13.2. The van der Waals surface area contributed by atoms with Crippen LogP contribution >= 0.6 is 0 Å². The summed E-state index contributed by atoms with van der Waals surface area (Å²) in [5, 5.41) is 8.48. The monoisotopic (exact) mass is 435 g/mol. The van der Waals surface area contributed by atoms with Gasteiger partial charge in [-0.25, -0.2) is 9.78 Å². The molecule has 2 amide bonds. The van der Waals surface area contributed by atoms with E-state index in [1.165, 1.54) is 17.5 Å². The summed E-state index contributed by atoms with van der Waals surface area (Å²) in [6.07, 6.45) is 2.38. The van der Waals surface area contributed by atoms with Gasteiger partial charge in [-0.15, -0.1) is 0 Å². The third-order valence-electron chi connectivity index (χ3n) is 4.75. The lowest BCUT2D eigenvalue weighted by molar-refractivity contribution is 0.101. The number of amides is 2. The molecule has 0 spiro atoms. The smallest absolute Gasteiger partial charge is 0.431 e.